The molecule has 1 aliphatic heterocycles. The highest BCUT2D eigenvalue weighted by Crippen LogP contribution is 2.32. The average molecular weight is 349 g/mol. The Morgan fingerprint density at radius 3 is 2.81 bits per heavy atom. The van der Waals surface area contributed by atoms with Crippen molar-refractivity contribution in [1.29, 1.82) is 0 Å². The smallest absolute Gasteiger partial charge is 0.227 e. The molecule has 108 valence electrons. The summed E-state index contributed by atoms with van der Waals surface area (Å²) >= 11 is 3.46. The topological polar surface area (TPSA) is 46.3 Å². The largest absolute Gasteiger partial charge is 0.398 e. The number of rotatable bonds is 2. The first-order chi connectivity index (χ1) is 10.1. The van der Waals surface area contributed by atoms with E-state index in [1.54, 1.807) is 17.0 Å². The molecule has 2 aromatic carbocycles. The summed E-state index contributed by atoms with van der Waals surface area (Å²) in [7, 11) is 0. The van der Waals surface area contributed by atoms with Gasteiger partial charge in [-0.2, -0.15) is 0 Å². The van der Waals surface area contributed by atoms with Crippen molar-refractivity contribution in [1.82, 2.24) is 0 Å². The maximum absolute atomic E-state index is 13.5. The molecule has 0 aromatic heterocycles. The molecule has 1 aliphatic rings. The van der Waals surface area contributed by atoms with E-state index >= 15 is 0 Å². The van der Waals surface area contributed by atoms with Crippen LogP contribution in [0, 0.1) is 5.82 Å². The summed E-state index contributed by atoms with van der Waals surface area (Å²) < 4.78 is 14.4. The van der Waals surface area contributed by atoms with Crippen molar-refractivity contribution in [3.8, 4) is 0 Å². The lowest BCUT2D eigenvalue weighted by Crippen LogP contribution is -2.35. The fourth-order valence-electron chi connectivity index (χ4n) is 2.58. The summed E-state index contributed by atoms with van der Waals surface area (Å²) in [4.78, 5) is 13.9. The van der Waals surface area contributed by atoms with Crippen molar-refractivity contribution in [3.05, 3.63) is 57.8 Å². The zero-order valence-corrected chi connectivity index (χ0v) is 12.9. The van der Waals surface area contributed by atoms with Crippen LogP contribution in [0.25, 0.3) is 0 Å². The molecule has 0 spiro atoms. The third kappa shape index (κ3) is 2.65. The molecule has 0 aliphatic carbocycles. The van der Waals surface area contributed by atoms with Crippen LogP contribution in [0.5, 0.6) is 0 Å². The lowest BCUT2D eigenvalue weighted by molar-refractivity contribution is -0.119. The van der Waals surface area contributed by atoms with E-state index in [0.717, 1.165) is 15.6 Å². The molecule has 0 radical (unpaired) electrons. The summed E-state index contributed by atoms with van der Waals surface area (Å²) in [6.45, 7) is 0.336. The van der Waals surface area contributed by atoms with Crippen LogP contribution < -0.4 is 10.6 Å². The second-order valence-electron chi connectivity index (χ2n) is 5.06. The van der Waals surface area contributed by atoms with Gasteiger partial charge in [0.2, 0.25) is 5.91 Å². The summed E-state index contributed by atoms with van der Waals surface area (Å²) in [6, 6.07) is 10.1. The standard InChI is InChI=1S/C16H14BrFN2O/c17-13-2-1-3-14(19)12(13)9-20-15-8-11(18)6-4-10(15)5-7-16(20)21/h1-4,6,8H,5,7,9,19H2. The van der Waals surface area contributed by atoms with Crippen molar-refractivity contribution in [2.75, 3.05) is 10.6 Å². The average Bonchev–Trinajstić information content (AvgIpc) is 2.45. The first kappa shape index (κ1) is 14.1. The van der Waals surface area contributed by atoms with Crippen LogP contribution >= 0.6 is 15.9 Å². The van der Waals surface area contributed by atoms with Crippen LogP contribution in [-0.4, -0.2) is 5.91 Å². The van der Waals surface area contributed by atoms with E-state index < -0.39 is 0 Å². The van der Waals surface area contributed by atoms with E-state index in [2.05, 4.69) is 15.9 Å². The van der Waals surface area contributed by atoms with Crippen LogP contribution in [0.2, 0.25) is 0 Å². The van der Waals surface area contributed by atoms with Crippen molar-refractivity contribution in [2.24, 2.45) is 0 Å². The molecule has 1 amide bonds. The predicted octanol–water partition coefficient (Wildman–Crippen LogP) is 3.65. The number of benzene rings is 2. The molecule has 2 N–H and O–H groups in total. The highest BCUT2D eigenvalue weighted by Gasteiger charge is 2.25. The quantitative estimate of drug-likeness (QED) is 0.842. The van der Waals surface area contributed by atoms with Gasteiger partial charge in [-0.25, -0.2) is 4.39 Å². The second kappa shape index (κ2) is 5.48. The SMILES string of the molecule is Nc1cccc(Br)c1CN1C(=O)CCc2ccc(F)cc21. The zero-order valence-electron chi connectivity index (χ0n) is 11.3. The Balaban J connectivity index is 2.03. The van der Waals surface area contributed by atoms with Gasteiger partial charge < -0.3 is 10.6 Å². The second-order valence-corrected chi connectivity index (χ2v) is 5.91. The van der Waals surface area contributed by atoms with Crippen LogP contribution in [-0.2, 0) is 17.8 Å². The number of nitrogens with two attached hydrogens (primary N) is 1. The van der Waals surface area contributed by atoms with Crippen LogP contribution in [0.4, 0.5) is 15.8 Å². The molecule has 21 heavy (non-hydrogen) atoms. The first-order valence-corrected chi connectivity index (χ1v) is 7.47. The van der Waals surface area contributed by atoms with E-state index in [9.17, 15) is 9.18 Å². The minimum atomic E-state index is -0.339. The van der Waals surface area contributed by atoms with Gasteiger partial charge >= 0.3 is 0 Å². The first-order valence-electron chi connectivity index (χ1n) is 6.68. The maximum Gasteiger partial charge on any atom is 0.227 e. The number of fused-ring (bicyclic) bond motifs is 1. The molecule has 0 saturated heterocycles. The minimum Gasteiger partial charge on any atom is -0.398 e. The Morgan fingerprint density at radius 1 is 1.24 bits per heavy atom. The van der Waals surface area contributed by atoms with Gasteiger partial charge in [-0.3, -0.25) is 4.79 Å². The zero-order chi connectivity index (χ0) is 15.0. The fourth-order valence-corrected chi connectivity index (χ4v) is 3.09. The highest BCUT2D eigenvalue weighted by molar-refractivity contribution is 9.10. The van der Waals surface area contributed by atoms with Gasteiger partial charge in [-0.05, 0) is 36.2 Å². The molecule has 3 nitrogen and oxygen atoms in total. The van der Waals surface area contributed by atoms with Crippen molar-refractivity contribution < 1.29 is 9.18 Å². The Morgan fingerprint density at radius 2 is 2.05 bits per heavy atom. The molecule has 5 heteroatoms. The Bertz CT molecular complexity index is 697. The van der Waals surface area contributed by atoms with E-state index in [-0.39, 0.29) is 11.7 Å². The Kier molecular flexibility index (Phi) is 3.68. The molecule has 0 saturated carbocycles. The molecule has 1 heterocycles. The lowest BCUT2D eigenvalue weighted by Gasteiger charge is -2.30. The van der Waals surface area contributed by atoms with Gasteiger partial charge in [-0.15, -0.1) is 0 Å². The van der Waals surface area contributed by atoms with Gasteiger partial charge in [0.15, 0.2) is 0 Å². The molecule has 0 bridgehead atoms. The molecule has 0 fully saturated rings. The number of aryl methyl sites for hydroxylation is 1. The summed E-state index contributed by atoms with van der Waals surface area (Å²) in [6.07, 6.45) is 1.08. The maximum atomic E-state index is 13.5. The Hall–Kier alpha value is -1.88. The highest BCUT2D eigenvalue weighted by atomic mass is 79.9. The molecule has 0 unspecified atom stereocenters. The van der Waals surface area contributed by atoms with Gasteiger partial charge in [0.1, 0.15) is 5.82 Å². The van der Waals surface area contributed by atoms with E-state index in [1.165, 1.54) is 12.1 Å². The van der Waals surface area contributed by atoms with Crippen molar-refractivity contribution >= 4 is 33.2 Å². The summed E-state index contributed by atoms with van der Waals surface area (Å²) in [5.74, 6) is -0.350. The van der Waals surface area contributed by atoms with E-state index in [1.807, 2.05) is 12.1 Å². The number of halogens is 2. The van der Waals surface area contributed by atoms with E-state index in [4.69, 9.17) is 5.73 Å². The number of carbonyl (C=O) groups is 1. The van der Waals surface area contributed by atoms with E-state index in [0.29, 0.717) is 30.8 Å². The minimum absolute atomic E-state index is 0.0109. The number of nitrogen functional groups attached to an aromatic ring is 1. The molecule has 3 rings (SSSR count). The van der Waals surface area contributed by atoms with Gasteiger partial charge in [0.05, 0.1) is 12.2 Å². The molecular formula is C16H14BrFN2O. The normalized spacial score (nSPS) is 14.2. The summed E-state index contributed by atoms with van der Waals surface area (Å²) in [5.41, 5.74) is 9.07. The van der Waals surface area contributed by atoms with Gasteiger partial charge in [-0.1, -0.05) is 28.1 Å². The fraction of sp³-hybridized carbons (Fsp3) is 0.188. The lowest BCUT2D eigenvalue weighted by atomic mass is 10.00. The third-order valence-electron chi connectivity index (χ3n) is 3.72. The third-order valence-corrected chi connectivity index (χ3v) is 4.46. The number of anilines is 2. The molecule has 0 atom stereocenters. The number of carbonyl (C=O) groups excluding carboxylic acids is 1. The number of nitrogens with zero attached hydrogens (tertiary/aromatic N) is 1. The monoisotopic (exact) mass is 348 g/mol. The number of amides is 1. The van der Waals surface area contributed by atoms with Crippen LogP contribution in [0.15, 0.2) is 40.9 Å². The Labute approximate surface area is 130 Å². The summed E-state index contributed by atoms with van der Waals surface area (Å²) in [5, 5.41) is 0. The molecular weight excluding hydrogens is 335 g/mol. The van der Waals surface area contributed by atoms with Crippen LogP contribution in [0.1, 0.15) is 17.5 Å². The van der Waals surface area contributed by atoms with Gasteiger partial charge in [0.25, 0.3) is 0 Å². The van der Waals surface area contributed by atoms with Crippen molar-refractivity contribution in [3.63, 3.8) is 0 Å². The number of hydrogen-bond acceptors (Lipinski definition) is 2. The number of hydrogen-bond donors (Lipinski definition) is 1. The molecule has 2 aromatic rings. The van der Waals surface area contributed by atoms with Crippen LogP contribution in [0.3, 0.4) is 0 Å². The van der Waals surface area contributed by atoms with Crippen molar-refractivity contribution in [2.45, 2.75) is 19.4 Å². The van der Waals surface area contributed by atoms with Gasteiger partial charge in [0, 0.05) is 22.1 Å². The predicted molar refractivity (Wildman–Crippen MR) is 84.5 cm³/mol.